The number of nitrogens with two attached hydrogens (primary N) is 1. The number of primary amides is 1. The first-order valence-corrected chi connectivity index (χ1v) is 9.69. The van der Waals surface area contributed by atoms with Gasteiger partial charge in [-0.05, 0) is 30.9 Å². The second-order valence-electron chi connectivity index (χ2n) is 7.43. The van der Waals surface area contributed by atoms with Gasteiger partial charge in [-0.15, -0.1) is 0 Å². The van der Waals surface area contributed by atoms with Gasteiger partial charge in [0.2, 0.25) is 11.7 Å². The molecule has 0 bridgehead atoms. The molecule has 0 spiro atoms. The van der Waals surface area contributed by atoms with Crippen LogP contribution in [0.15, 0.2) is 42.1 Å². The third kappa shape index (κ3) is 4.02. The lowest BCUT2D eigenvalue weighted by Crippen LogP contribution is -2.58. The molecule has 0 radical (unpaired) electrons. The van der Waals surface area contributed by atoms with Gasteiger partial charge < -0.3 is 25.4 Å². The van der Waals surface area contributed by atoms with Gasteiger partial charge >= 0.3 is 0 Å². The SMILES string of the molecule is COC1=C2C(=O)N(CCCCO)C=CN2CC(Cc2ccc(F)cc2F)(C(N)=O)C1=O. The van der Waals surface area contributed by atoms with E-state index in [1.165, 1.54) is 29.3 Å². The van der Waals surface area contributed by atoms with Crippen LogP contribution in [0.4, 0.5) is 8.78 Å². The highest BCUT2D eigenvalue weighted by Crippen LogP contribution is 2.38. The fourth-order valence-corrected chi connectivity index (χ4v) is 3.77. The highest BCUT2D eigenvalue weighted by atomic mass is 19.1. The lowest BCUT2D eigenvalue weighted by Gasteiger charge is -2.42. The number of ether oxygens (including phenoxy) is 1. The molecule has 1 atom stereocenters. The molecule has 3 rings (SSSR count). The summed E-state index contributed by atoms with van der Waals surface area (Å²) < 4.78 is 32.8. The van der Waals surface area contributed by atoms with Crippen molar-refractivity contribution in [3.8, 4) is 0 Å². The Bertz CT molecular complexity index is 978. The first kappa shape index (κ1) is 22.4. The topological polar surface area (TPSA) is 113 Å². The van der Waals surface area contributed by atoms with E-state index in [0.29, 0.717) is 25.5 Å². The number of hydrogen-bond acceptors (Lipinski definition) is 6. The average Bonchev–Trinajstić information content (AvgIpc) is 2.72. The first-order chi connectivity index (χ1) is 14.7. The summed E-state index contributed by atoms with van der Waals surface area (Å²) in [6.07, 6.45) is 3.64. The largest absolute Gasteiger partial charge is 0.491 e. The fraction of sp³-hybridized carbons (Fsp3) is 0.381. The minimum atomic E-state index is -1.92. The summed E-state index contributed by atoms with van der Waals surface area (Å²) in [5.41, 5.74) is 3.57. The molecule has 1 aromatic rings. The minimum absolute atomic E-state index is 0.0105. The van der Waals surface area contributed by atoms with E-state index in [9.17, 15) is 23.2 Å². The number of ketones is 1. The number of nitrogens with zero attached hydrogens (tertiary/aromatic N) is 2. The maximum Gasteiger partial charge on any atom is 0.278 e. The molecule has 3 N–H and O–H groups in total. The van der Waals surface area contributed by atoms with Crippen LogP contribution >= 0.6 is 0 Å². The number of hydrogen-bond donors (Lipinski definition) is 2. The van der Waals surface area contributed by atoms with Gasteiger partial charge in [-0.2, -0.15) is 0 Å². The number of methoxy groups -OCH3 is 1. The second kappa shape index (κ2) is 8.84. The van der Waals surface area contributed by atoms with Crippen LogP contribution < -0.4 is 5.73 Å². The smallest absolute Gasteiger partial charge is 0.278 e. The monoisotopic (exact) mass is 435 g/mol. The van der Waals surface area contributed by atoms with Gasteiger partial charge in [-0.25, -0.2) is 8.78 Å². The van der Waals surface area contributed by atoms with Gasteiger partial charge in [0.1, 0.15) is 17.0 Å². The third-order valence-electron chi connectivity index (χ3n) is 5.46. The zero-order valence-corrected chi connectivity index (χ0v) is 16.9. The number of allylic oxidation sites excluding steroid dienone is 1. The van der Waals surface area contributed by atoms with Crippen LogP contribution in [0.3, 0.4) is 0 Å². The molecule has 1 aromatic carbocycles. The molecule has 2 aliphatic heterocycles. The van der Waals surface area contributed by atoms with Crippen molar-refractivity contribution >= 4 is 17.6 Å². The lowest BCUT2D eigenvalue weighted by molar-refractivity contribution is -0.144. The van der Waals surface area contributed by atoms with E-state index >= 15 is 0 Å². The molecule has 0 aliphatic carbocycles. The molecule has 0 fully saturated rings. The van der Waals surface area contributed by atoms with Crippen molar-refractivity contribution in [2.75, 3.05) is 26.8 Å². The number of rotatable bonds is 8. The van der Waals surface area contributed by atoms with Crippen molar-refractivity contribution in [1.29, 1.82) is 0 Å². The lowest BCUT2D eigenvalue weighted by atomic mass is 9.73. The van der Waals surface area contributed by atoms with Crippen molar-refractivity contribution in [1.82, 2.24) is 9.80 Å². The van der Waals surface area contributed by atoms with Crippen molar-refractivity contribution < 1.29 is 33.0 Å². The van der Waals surface area contributed by atoms with E-state index < -0.39 is 41.1 Å². The van der Waals surface area contributed by atoms with E-state index in [-0.39, 0.29) is 30.2 Å². The second-order valence-corrected chi connectivity index (χ2v) is 7.43. The van der Waals surface area contributed by atoms with Gasteiger partial charge in [0.15, 0.2) is 11.5 Å². The molecule has 8 nitrogen and oxygen atoms in total. The number of carbonyl (C=O) groups excluding carboxylic acids is 3. The molecule has 2 aliphatic rings. The normalized spacial score (nSPS) is 20.9. The summed E-state index contributed by atoms with van der Waals surface area (Å²) >= 11 is 0. The van der Waals surface area contributed by atoms with Crippen LogP contribution in [0.1, 0.15) is 18.4 Å². The summed E-state index contributed by atoms with van der Waals surface area (Å²) in [4.78, 5) is 41.5. The molecule has 0 aromatic heterocycles. The molecular weight excluding hydrogens is 412 g/mol. The van der Waals surface area contributed by atoms with E-state index in [4.69, 9.17) is 15.6 Å². The van der Waals surface area contributed by atoms with Crippen LogP contribution in [0, 0.1) is 17.0 Å². The van der Waals surface area contributed by atoms with Gasteiger partial charge in [-0.3, -0.25) is 14.4 Å². The standard InChI is InChI=1S/C21H23F2N3O5/c1-31-17-16-19(29)25(6-2-3-9-27)7-8-26(16)12-21(18(17)28,20(24)30)11-13-4-5-14(22)10-15(13)23/h4-5,7-8,10,27H,2-3,6,9,11-12H2,1H3,(H2,24,30). The van der Waals surface area contributed by atoms with E-state index in [1.807, 2.05) is 0 Å². The Morgan fingerprint density at radius 2 is 2.00 bits per heavy atom. The number of carbonyl (C=O) groups is 3. The highest BCUT2D eigenvalue weighted by Gasteiger charge is 2.54. The zero-order chi connectivity index (χ0) is 22.8. The fourth-order valence-electron chi connectivity index (χ4n) is 3.77. The Balaban J connectivity index is 2.01. The molecule has 166 valence electrons. The molecule has 0 saturated carbocycles. The number of Topliss-reactive ketones (excluding diaryl/α,β-unsaturated/α-hetero) is 1. The van der Waals surface area contributed by atoms with Crippen LogP contribution in [-0.4, -0.2) is 59.3 Å². The molecule has 0 saturated heterocycles. The Hall–Kier alpha value is -3.27. The van der Waals surface area contributed by atoms with Gasteiger partial charge in [-0.1, -0.05) is 6.07 Å². The summed E-state index contributed by atoms with van der Waals surface area (Å²) in [6, 6.07) is 2.83. The summed E-state index contributed by atoms with van der Waals surface area (Å²) in [6.45, 7) is 0.0104. The van der Waals surface area contributed by atoms with E-state index in [1.54, 1.807) is 0 Å². The number of aliphatic hydroxyl groups excluding tert-OH is 1. The first-order valence-electron chi connectivity index (χ1n) is 9.69. The number of amides is 2. The van der Waals surface area contributed by atoms with Crippen LogP contribution in [-0.2, 0) is 25.5 Å². The highest BCUT2D eigenvalue weighted by molar-refractivity contribution is 6.17. The van der Waals surface area contributed by atoms with Gasteiger partial charge in [0.05, 0.1) is 7.11 Å². The van der Waals surface area contributed by atoms with E-state index in [0.717, 1.165) is 12.1 Å². The Morgan fingerprint density at radius 3 is 2.61 bits per heavy atom. The Labute approximate surface area is 177 Å². The number of unbranched alkanes of at least 4 members (excludes halogenated alkanes) is 1. The average molecular weight is 435 g/mol. The predicted molar refractivity (Wildman–Crippen MR) is 105 cm³/mol. The van der Waals surface area contributed by atoms with E-state index in [2.05, 4.69) is 0 Å². The molecular formula is C21H23F2N3O5. The predicted octanol–water partition coefficient (Wildman–Crippen LogP) is 0.808. The zero-order valence-electron chi connectivity index (χ0n) is 16.9. The maximum atomic E-state index is 14.3. The molecule has 10 heteroatoms. The molecule has 2 heterocycles. The van der Waals surface area contributed by atoms with Crippen molar-refractivity contribution in [2.45, 2.75) is 19.3 Å². The third-order valence-corrected chi connectivity index (χ3v) is 5.46. The van der Waals surface area contributed by atoms with Crippen LogP contribution in [0.2, 0.25) is 0 Å². The van der Waals surface area contributed by atoms with Crippen molar-refractivity contribution in [3.05, 3.63) is 59.3 Å². The van der Waals surface area contributed by atoms with Crippen LogP contribution in [0.5, 0.6) is 0 Å². The number of aliphatic hydroxyl groups is 1. The van der Waals surface area contributed by atoms with Crippen molar-refractivity contribution in [2.24, 2.45) is 11.1 Å². The molecule has 1 unspecified atom stereocenters. The maximum absolute atomic E-state index is 14.3. The Morgan fingerprint density at radius 1 is 1.26 bits per heavy atom. The van der Waals surface area contributed by atoms with Crippen LogP contribution in [0.25, 0.3) is 0 Å². The minimum Gasteiger partial charge on any atom is -0.491 e. The number of fused-ring (bicyclic) bond motifs is 1. The number of halogens is 2. The molecule has 31 heavy (non-hydrogen) atoms. The summed E-state index contributed by atoms with van der Waals surface area (Å²) in [5.74, 6) is -4.42. The summed E-state index contributed by atoms with van der Waals surface area (Å²) in [7, 11) is 1.19. The summed E-state index contributed by atoms with van der Waals surface area (Å²) in [5, 5.41) is 8.93. The quantitative estimate of drug-likeness (QED) is 0.462. The van der Waals surface area contributed by atoms with Crippen molar-refractivity contribution in [3.63, 3.8) is 0 Å². The number of benzene rings is 1. The van der Waals surface area contributed by atoms with Gasteiger partial charge in [0.25, 0.3) is 5.91 Å². The molecule has 2 amide bonds. The van der Waals surface area contributed by atoms with Gasteiger partial charge in [0, 0.05) is 38.2 Å². The Kier molecular flexibility index (Phi) is 6.40.